The number of thiol groups is 1. The zero-order valence-corrected chi connectivity index (χ0v) is 5.14. The minimum atomic E-state index is -0.182. The third-order valence-electron chi connectivity index (χ3n) is 0.288. The van der Waals surface area contributed by atoms with E-state index in [2.05, 4.69) is 0 Å². The van der Waals surface area contributed by atoms with Crippen LogP contribution >= 0.6 is 20.0 Å². The van der Waals surface area contributed by atoms with Crippen molar-refractivity contribution in [1.29, 1.82) is 0 Å². The summed E-state index contributed by atoms with van der Waals surface area (Å²) in [5, 5.41) is 0. The van der Waals surface area contributed by atoms with Crippen molar-refractivity contribution in [1.82, 2.24) is 0 Å². The molecule has 0 rings (SSSR count). The number of hydrogen-bond donors (Lipinski definition) is 1. The second-order valence-corrected chi connectivity index (χ2v) is 5.01. The van der Waals surface area contributed by atoms with Crippen LogP contribution in [0.3, 0.4) is 0 Å². The van der Waals surface area contributed by atoms with Crippen LogP contribution in [0, 0.1) is 0 Å². The van der Waals surface area contributed by atoms with Crippen LogP contribution in [0.1, 0.15) is 0 Å². The topological polar surface area (TPSA) is 0 Å². The Kier molecular flexibility index (Phi) is 3.43. The van der Waals surface area contributed by atoms with Gasteiger partial charge < -0.3 is 0 Å². The molecule has 0 aromatic carbocycles. The van der Waals surface area contributed by atoms with Crippen LogP contribution in [0.25, 0.3) is 0 Å². The molecule has 0 saturated heterocycles. The molecule has 0 bridgehead atoms. The van der Waals surface area contributed by atoms with E-state index in [1.54, 1.807) is 10.8 Å². The Morgan fingerprint density at radius 1 is 1.80 bits per heavy atom. The van der Waals surface area contributed by atoms with Gasteiger partial charge in [0.15, 0.2) is 0 Å². The van der Waals surface area contributed by atoms with E-state index in [1.165, 1.54) is 0 Å². The Hall–Kier alpha value is 0.765. The van der Waals surface area contributed by atoms with Crippen molar-refractivity contribution >= 4 is 26.5 Å². The summed E-state index contributed by atoms with van der Waals surface area (Å²) in [6.07, 6.45) is 4.05. The van der Waals surface area contributed by atoms with Gasteiger partial charge in [0.25, 0.3) is 0 Å². The van der Waals surface area contributed by atoms with Crippen LogP contribution in [0.15, 0.2) is 0 Å². The molecular weight excluding hydrogens is 99.0 g/mol. The predicted octanol–water partition coefficient (Wildman–Crippen LogP) is 0.979. The summed E-state index contributed by atoms with van der Waals surface area (Å²) in [5.74, 6) is 0. The normalized spacial score (nSPS) is 15.2. The Morgan fingerprint density at radius 2 is 2.00 bits per heavy atom. The molecule has 0 nitrogen and oxygen atoms in total. The molecule has 0 heterocycles. The standard InChI is InChI=1S/C2H7BS2/c1-4-5(2)3/h5H,1-2H3. The maximum atomic E-state index is 5.32. The molecule has 1 unspecified atom stereocenters. The molecule has 0 aromatic heterocycles. The van der Waals surface area contributed by atoms with E-state index in [0.29, 0.717) is 0 Å². The van der Waals surface area contributed by atoms with Crippen molar-refractivity contribution in [3.05, 3.63) is 0 Å². The first-order chi connectivity index (χ1) is 2.27. The van der Waals surface area contributed by atoms with Crippen LogP contribution < -0.4 is 0 Å². The zero-order valence-electron chi connectivity index (χ0n) is 3.43. The third kappa shape index (κ3) is 4.76. The van der Waals surface area contributed by atoms with Crippen molar-refractivity contribution < 1.29 is 0 Å². The fraction of sp³-hybridized carbons (Fsp3) is 1.00. The van der Waals surface area contributed by atoms with Gasteiger partial charge in [-0.05, 0) is 0 Å². The molecule has 0 radical (unpaired) electrons. The molecule has 0 amide bonds. The average Bonchev–Trinajstić information content (AvgIpc) is 1.38. The van der Waals surface area contributed by atoms with E-state index in [-0.39, 0.29) is 9.16 Å². The first-order valence-corrected chi connectivity index (χ1v) is 4.98. The van der Waals surface area contributed by atoms with Gasteiger partial charge >= 0.3 is 39.0 Å². The number of rotatable bonds is 0. The summed E-state index contributed by atoms with van der Waals surface area (Å²) >= 11 is 0. The van der Waals surface area contributed by atoms with Gasteiger partial charge in [0.2, 0.25) is 0 Å². The van der Waals surface area contributed by atoms with Crippen molar-refractivity contribution in [3.63, 3.8) is 0 Å². The van der Waals surface area contributed by atoms with Crippen molar-refractivity contribution in [2.75, 3.05) is 12.5 Å². The van der Waals surface area contributed by atoms with Crippen molar-refractivity contribution in [2.45, 2.75) is 0 Å². The predicted molar refractivity (Wildman–Crippen MR) is 34.2 cm³/mol. The molecular formula is C2H7BS2. The quantitative estimate of drug-likeness (QED) is 0.273. The van der Waals surface area contributed by atoms with E-state index < -0.39 is 0 Å². The maximum absolute atomic E-state index is 5.32. The van der Waals surface area contributed by atoms with E-state index in [9.17, 15) is 0 Å². The second-order valence-electron chi connectivity index (χ2n) is 0.729. The fourth-order valence-electron chi connectivity index (χ4n) is 0. The van der Waals surface area contributed by atoms with Crippen LogP contribution in [0.4, 0.5) is 0 Å². The van der Waals surface area contributed by atoms with Gasteiger partial charge in [-0.2, -0.15) is 0 Å². The molecule has 3 heteroatoms. The van der Waals surface area contributed by atoms with Gasteiger partial charge in [0.05, 0.1) is 0 Å². The monoisotopic (exact) mass is 106 g/mol. The molecule has 30 valence electrons. The third-order valence-corrected chi connectivity index (χ3v) is 2.59. The molecule has 0 aromatic rings. The van der Waals surface area contributed by atoms with E-state index in [1.807, 2.05) is 12.5 Å². The summed E-state index contributed by atoms with van der Waals surface area (Å²) in [6, 6.07) is 0. The molecule has 0 aliphatic rings. The number of hydrogen-bond acceptors (Lipinski definition) is 1. The second kappa shape index (κ2) is 2.97. The molecule has 0 aliphatic heterocycles. The van der Waals surface area contributed by atoms with Gasteiger partial charge in [-0.3, -0.25) is 0 Å². The minimum absolute atomic E-state index is 0.182. The molecule has 0 fully saturated rings. The molecule has 0 saturated carbocycles. The Labute approximate surface area is 39.6 Å². The first kappa shape index (κ1) is 5.76. The SMILES string of the molecule is B#[SH](C)SC. The van der Waals surface area contributed by atoms with Crippen molar-refractivity contribution in [3.8, 4) is 0 Å². The molecule has 0 N–H and O–H groups in total. The van der Waals surface area contributed by atoms with E-state index >= 15 is 0 Å². The summed E-state index contributed by atoms with van der Waals surface area (Å²) in [7, 11) is 1.54. The molecule has 1 atom stereocenters. The summed E-state index contributed by atoms with van der Waals surface area (Å²) in [5.41, 5.74) is 0. The van der Waals surface area contributed by atoms with Gasteiger partial charge in [0, 0.05) is 0 Å². The van der Waals surface area contributed by atoms with Gasteiger partial charge in [-0.1, -0.05) is 0 Å². The molecule has 0 spiro atoms. The van der Waals surface area contributed by atoms with Crippen molar-refractivity contribution in [2.24, 2.45) is 0 Å². The fourth-order valence-corrected chi connectivity index (χ4v) is 0. The average molecular weight is 106 g/mol. The molecule has 5 heavy (non-hydrogen) atoms. The van der Waals surface area contributed by atoms with E-state index in [4.69, 9.17) is 6.53 Å². The Bertz CT molecular complexity index is 69.5. The molecule has 0 aliphatic carbocycles. The van der Waals surface area contributed by atoms with Crippen LogP contribution in [-0.4, -0.2) is 19.0 Å². The van der Waals surface area contributed by atoms with Crippen LogP contribution in [0.2, 0.25) is 0 Å². The van der Waals surface area contributed by atoms with Gasteiger partial charge in [-0.25, -0.2) is 0 Å². The Morgan fingerprint density at radius 3 is 2.00 bits per heavy atom. The first-order valence-electron chi connectivity index (χ1n) is 1.30. The van der Waals surface area contributed by atoms with E-state index in [0.717, 1.165) is 0 Å². The summed E-state index contributed by atoms with van der Waals surface area (Å²) < 4.78 is 0. The van der Waals surface area contributed by atoms with Gasteiger partial charge in [-0.15, -0.1) is 0 Å². The summed E-state index contributed by atoms with van der Waals surface area (Å²) in [4.78, 5) is 0. The summed E-state index contributed by atoms with van der Waals surface area (Å²) in [6.45, 7) is 5.32. The van der Waals surface area contributed by atoms with Gasteiger partial charge in [0.1, 0.15) is 0 Å². The van der Waals surface area contributed by atoms with Crippen LogP contribution in [0.5, 0.6) is 0 Å². The zero-order chi connectivity index (χ0) is 4.28. The van der Waals surface area contributed by atoms with Crippen LogP contribution in [-0.2, 0) is 0 Å². The Balaban J connectivity index is 2.97.